The normalized spacial score (nSPS) is 31.1. The molecule has 0 aromatic carbocycles. The Morgan fingerprint density at radius 2 is 2.29 bits per heavy atom. The van der Waals surface area contributed by atoms with E-state index in [0.29, 0.717) is 10.5 Å². The Kier molecular flexibility index (Phi) is 5.80. The van der Waals surface area contributed by atoms with Gasteiger partial charge in [0, 0.05) is 10.5 Å². The number of carbonyl (C=O) groups is 1. The summed E-state index contributed by atoms with van der Waals surface area (Å²) in [4.78, 5) is 11.5. The molecule has 3 nitrogen and oxygen atoms in total. The van der Waals surface area contributed by atoms with Crippen LogP contribution in [-0.4, -0.2) is 33.7 Å². The van der Waals surface area contributed by atoms with Gasteiger partial charge in [-0.05, 0) is 38.6 Å². The van der Waals surface area contributed by atoms with Gasteiger partial charge in [0.15, 0.2) is 0 Å². The van der Waals surface area contributed by atoms with Crippen molar-refractivity contribution in [3.8, 4) is 0 Å². The molecule has 0 saturated heterocycles. The van der Waals surface area contributed by atoms with Crippen LogP contribution in [0.1, 0.15) is 52.9 Å². The monoisotopic (exact) mass is 259 g/mol. The number of nitrogens with one attached hydrogen (secondary N) is 1. The molecule has 2 N–H and O–H groups in total. The zero-order valence-electron chi connectivity index (χ0n) is 11.2. The topological polar surface area (TPSA) is 49.3 Å². The highest BCUT2D eigenvalue weighted by atomic mass is 32.2. The van der Waals surface area contributed by atoms with E-state index in [1.54, 1.807) is 0 Å². The lowest BCUT2D eigenvalue weighted by molar-refractivity contribution is -0.146. The van der Waals surface area contributed by atoms with Gasteiger partial charge in [-0.2, -0.15) is 11.8 Å². The summed E-state index contributed by atoms with van der Waals surface area (Å²) < 4.78 is 0. The molecule has 4 heteroatoms. The molecule has 0 heterocycles. The van der Waals surface area contributed by atoms with Crippen LogP contribution in [0.25, 0.3) is 0 Å². The number of rotatable bonds is 6. The first-order valence-electron chi connectivity index (χ1n) is 6.68. The van der Waals surface area contributed by atoms with Crippen LogP contribution in [0.3, 0.4) is 0 Å². The molecule has 1 saturated carbocycles. The van der Waals surface area contributed by atoms with Crippen LogP contribution >= 0.6 is 11.8 Å². The van der Waals surface area contributed by atoms with E-state index in [0.717, 1.165) is 38.6 Å². The molecule has 3 unspecified atom stereocenters. The van der Waals surface area contributed by atoms with Crippen molar-refractivity contribution in [3.63, 3.8) is 0 Å². The third kappa shape index (κ3) is 3.88. The highest BCUT2D eigenvalue weighted by Crippen LogP contribution is 2.37. The molecule has 0 spiro atoms. The van der Waals surface area contributed by atoms with Gasteiger partial charge in [0.25, 0.3) is 0 Å². The maximum Gasteiger partial charge on any atom is 0.323 e. The molecule has 3 atom stereocenters. The Balaban J connectivity index is 2.64. The Hall–Kier alpha value is -0.220. The molecule has 1 aliphatic rings. The van der Waals surface area contributed by atoms with Crippen LogP contribution in [-0.2, 0) is 4.79 Å². The first-order valence-corrected chi connectivity index (χ1v) is 7.62. The molecular weight excluding hydrogens is 234 g/mol. The van der Waals surface area contributed by atoms with Crippen molar-refractivity contribution >= 4 is 17.7 Å². The average molecular weight is 259 g/mol. The van der Waals surface area contributed by atoms with E-state index in [1.165, 1.54) is 0 Å². The second kappa shape index (κ2) is 6.64. The van der Waals surface area contributed by atoms with Gasteiger partial charge in [0.1, 0.15) is 5.54 Å². The summed E-state index contributed by atoms with van der Waals surface area (Å²) in [6, 6.07) is 0. The van der Waals surface area contributed by atoms with E-state index in [2.05, 4.69) is 19.2 Å². The van der Waals surface area contributed by atoms with Gasteiger partial charge in [-0.25, -0.2) is 0 Å². The lowest BCUT2D eigenvalue weighted by Gasteiger charge is -2.38. The van der Waals surface area contributed by atoms with Crippen LogP contribution in [0, 0.1) is 0 Å². The number of thioether (sulfide) groups is 1. The van der Waals surface area contributed by atoms with Crippen molar-refractivity contribution < 1.29 is 9.90 Å². The lowest BCUT2D eigenvalue weighted by Crippen LogP contribution is -2.55. The number of hydrogen-bond donors (Lipinski definition) is 2. The third-order valence-corrected chi connectivity index (χ3v) is 5.22. The Morgan fingerprint density at radius 1 is 1.59 bits per heavy atom. The van der Waals surface area contributed by atoms with Gasteiger partial charge in [-0.15, -0.1) is 0 Å². The summed E-state index contributed by atoms with van der Waals surface area (Å²) in [5, 5.41) is 13.8. The van der Waals surface area contributed by atoms with Crippen molar-refractivity contribution in [2.75, 3.05) is 6.54 Å². The number of carboxylic acid groups (broad SMARTS) is 1. The smallest absolute Gasteiger partial charge is 0.323 e. The molecular formula is C13H25NO2S. The van der Waals surface area contributed by atoms with E-state index in [4.69, 9.17) is 0 Å². The zero-order valence-corrected chi connectivity index (χ0v) is 12.0. The fraction of sp³-hybridized carbons (Fsp3) is 0.923. The molecule has 100 valence electrons. The van der Waals surface area contributed by atoms with Crippen molar-refractivity contribution in [1.82, 2.24) is 5.32 Å². The van der Waals surface area contributed by atoms with Gasteiger partial charge in [0.2, 0.25) is 0 Å². The van der Waals surface area contributed by atoms with E-state index in [1.807, 2.05) is 18.7 Å². The molecule has 0 aliphatic heterocycles. The van der Waals surface area contributed by atoms with E-state index >= 15 is 0 Å². The minimum absolute atomic E-state index is 0.494. The maximum absolute atomic E-state index is 11.5. The quantitative estimate of drug-likeness (QED) is 0.770. The number of hydrogen-bond acceptors (Lipinski definition) is 3. The summed E-state index contributed by atoms with van der Waals surface area (Å²) in [6.07, 6.45) is 4.88. The maximum atomic E-state index is 11.5. The molecule has 1 fully saturated rings. The molecule has 0 aromatic rings. The van der Waals surface area contributed by atoms with Crippen molar-refractivity contribution in [2.45, 2.75) is 68.9 Å². The van der Waals surface area contributed by atoms with Gasteiger partial charge < -0.3 is 10.4 Å². The van der Waals surface area contributed by atoms with E-state index in [-0.39, 0.29) is 0 Å². The van der Waals surface area contributed by atoms with Gasteiger partial charge >= 0.3 is 5.97 Å². The second-order valence-corrected chi connectivity index (χ2v) is 6.73. The summed E-state index contributed by atoms with van der Waals surface area (Å²) in [6.45, 7) is 7.13. The number of likely N-dealkylation sites (N-methyl/N-ethyl adjacent to an activating group) is 1. The van der Waals surface area contributed by atoms with E-state index < -0.39 is 11.5 Å². The molecule has 1 aliphatic carbocycles. The molecule has 17 heavy (non-hydrogen) atoms. The highest BCUT2D eigenvalue weighted by Gasteiger charge is 2.42. The summed E-state index contributed by atoms with van der Waals surface area (Å²) in [7, 11) is 0. The second-order valence-electron chi connectivity index (χ2n) is 4.99. The van der Waals surface area contributed by atoms with Crippen molar-refractivity contribution in [2.24, 2.45) is 0 Å². The fourth-order valence-corrected chi connectivity index (χ4v) is 4.07. The number of carboxylic acids is 1. The summed E-state index contributed by atoms with van der Waals surface area (Å²) >= 11 is 1.96. The van der Waals surface area contributed by atoms with Crippen LogP contribution in [0.5, 0.6) is 0 Å². The molecule has 0 radical (unpaired) electrons. The predicted octanol–water partition coefficient (Wildman–Crippen LogP) is 2.89. The molecule has 0 amide bonds. The average Bonchev–Trinajstić information content (AvgIpc) is 2.29. The summed E-state index contributed by atoms with van der Waals surface area (Å²) in [5.74, 6) is -0.672. The van der Waals surface area contributed by atoms with Gasteiger partial charge in [0.05, 0.1) is 0 Å². The van der Waals surface area contributed by atoms with E-state index in [9.17, 15) is 9.90 Å². The van der Waals surface area contributed by atoms with Crippen LogP contribution in [0.4, 0.5) is 0 Å². The zero-order chi connectivity index (χ0) is 12.9. The molecule has 1 rings (SSSR count). The van der Waals surface area contributed by atoms with Crippen molar-refractivity contribution in [1.29, 1.82) is 0 Å². The molecule has 0 bridgehead atoms. The molecule has 0 aromatic heterocycles. The Labute approximate surface area is 109 Å². The first-order chi connectivity index (χ1) is 8.04. The van der Waals surface area contributed by atoms with Crippen molar-refractivity contribution in [3.05, 3.63) is 0 Å². The first kappa shape index (κ1) is 14.8. The summed E-state index contributed by atoms with van der Waals surface area (Å²) in [5.41, 5.74) is -0.669. The Bertz CT molecular complexity index is 256. The SMILES string of the molecule is CCNC1(C(=O)O)CCCC(SC(C)CC)C1. The largest absolute Gasteiger partial charge is 0.480 e. The van der Waals surface area contributed by atoms with Crippen LogP contribution in [0.2, 0.25) is 0 Å². The highest BCUT2D eigenvalue weighted by molar-refractivity contribution is 8.00. The van der Waals surface area contributed by atoms with Crippen LogP contribution in [0.15, 0.2) is 0 Å². The third-order valence-electron chi connectivity index (χ3n) is 3.63. The standard InChI is InChI=1S/C13H25NO2S/c1-4-10(3)17-11-7-6-8-13(9-11,12(15)16)14-5-2/h10-11,14H,4-9H2,1-3H3,(H,15,16). The predicted molar refractivity (Wildman–Crippen MR) is 73.6 cm³/mol. The Morgan fingerprint density at radius 3 is 2.82 bits per heavy atom. The van der Waals surface area contributed by atoms with Crippen LogP contribution < -0.4 is 5.32 Å². The minimum Gasteiger partial charge on any atom is -0.480 e. The lowest BCUT2D eigenvalue weighted by atomic mass is 9.81. The fourth-order valence-electron chi connectivity index (χ4n) is 2.53. The van der Waals surface area contributed by atoms with Gasteiger partial charge in [-0.1, -0.05) is 20.8 Å². The number of aliphatic carboxylic acids is 1. The van der Waals surface area contributed by atoms with Gasteiger partial charge in [-0.3, -0.25) is 4.79 Å². The minimum atomic E-state index is -0.672.